The first-order chi connectivity index (χ1) is 27.2. The number of ether oxygens (including phenoxy) is 2. The number of benzene rings is 6. The van der Waals surface area contributed by atoms with Crippen molar-refractivity contribution in [2.45, 2.75) is 40.8 Å². The Morgan fingerprint density at radius 3 is 1.54 bits per heavy atom. The number of carboxylic acid groups (broad SMARTS) is 2. The van der Waals surface area contributed by atoms with Gasteiger partial charge in [-0.15, -0.1) is 0 Å². The number of aryl methyl sites for hydroxylation is 2. The van der Waals surface area contributed by atoms with Gasteiger partial charge in [-0.2, -0.15) is 0 Å². The summed E-state index contributed by atoms with van der Waals surface area (Å²) in [5, 5.41) is 23.8. The Hall–Kier alpha value is -6.75. The third-order valence-electron chi connectivity index (χ3n) is 9.31. The van der Waals surface area contributed by atoms with E-state index in [4.69, 9.17) is 19.7 Å². The summed E-state index contributed by atoms with van der Waals surface area (Å²) in [6.07, 6.45) is 0. The summed E-state index contributed by atoms with van der Waals surface area (Å²) in [6.45, 7) is 8.10. The maximum Gasteiger partial charge on any atom is 0.341 e. The first-order valence-corrected chi connectivity index (χ1v) is 18.0. The van der Waals surface area contributed by atoms with Gasteiger partial charge in [0, 0.05) is 30.9 Å². The molecule has 0 saturated heterocycles. The lowest BCUT2D eigenvalue weighted by Crippen LogP contribution is -2.10. The molecule has 11 heteroatoms. The summed E-state index contributed by atoms with van der Waals surface area (Å²) >= 11 is 0. The predicted molar refractivity (Wildman–Crippen MR) is 216 cm³/mol. The van der Waals surface area contributed by atoms with E-state index in [1.165, 1.54) is 48.0 Å². The minimum Gasteiger partial charge on any atom is -0.482 e. The highest BCUT2D eigenvalue weighted by atomic mass is 19.1. The van der Waals surface area contributed by atoms with Gasteiger partial charge >= 0.3 is 11.9 Å². The highest BCUT2D eigenvalue weighted by molar-refractivity contribution is 5.70. The van der Waals surface area contributed by atoms with Gasteiger partial charge in [-0.3, -0.25) is 0 Å². The van der Waals surface area contributed by atoms with Crippen LogP contribution in [0, 0.1) is 45.1 Å². The molecule has 0 aliphatic rings. The minimum atomic E-state index is -1.11. The highest BCUT2D eigenvalue weighted by Crippen LogP contribution is 2.29. The summed E-state index contributed by atoms with van der Waals surface area (Å²) in [6, 6.07) is 32.2. The second-order valence-corrected chi connectivity index (χ2v) is 13.4. The molecule has 0 amide bonds. The predicted octanol–water partition coefficient (Wildman–Crippen LogP) is 10.5. The number of carboxylic acids is 2. The Morgan fingerprint density at radius 2 is 1.04 bits per heavy atom. The van der Waals surface area contributed by atoms with Crippen LogP contribution in [0.15, 0.2) is 115 Å². The second-order valence-electron chi connectivity index (χ2n) is 13.4. The molecule has 0 bridgehead atoms. The fraction of sp³-hybridized carbons (Fsp3) is 0.174. The maximum absolute atomic E-state index is 14.2. The molecule has 0 fully saturated rings. The summed E-state index contributed by atoms with van der Waals surface area (Å²) in [7, 11) is 0. The first kappa shape index (κ1) is 41.4. The zero-order valence-electron chi connectivity index (χ0n) is 32.0. The van der Waals surface area contributed by atoms with E-state index in [0.717, 1.165) is 55.8 Å². The number of hydrogen-bond donors (Lipinski definition) is 4. The third kappa shape index (κ3) is 11.9. The molecule has 0 atom stereocenters. The van der Waals surface area contributed by atoms with Crippen molar-refractivity contribution in [2.75, 3.05) is 23.8 Å². The zero-order chi connectivity index (χ0) is 41.1. The average molecular weight is 777 g/mol. The Kier molecular flexibility index (Phi) is 14.0. The lowest BCUT2D eigenvalue weighted by Gasteiger charge is -2.15. The summed E-state index contributed by atoms with van der Waals surface area (Å²) in [4.78, 5) is 21.3. The summed E-state index contributed by atoms with van der Waals surface area (Å²) < 4.78 is 51.7. The van der Waals surface area contributed by atoms with Crippen molar-refractivity contribution in [3.8, 4) is 33.8 Å². The molecule has 0 spiro atoms. The van der Waals surface area contributed by atoms with Gasteiger partial charge in [0.2, 0.25) is 0 Å². The van der Waals surface area contributed by atoms with Crippen LogP contribution < -0.4 is 20.1 Å². The topological polar surface area (TPSA) is 117 Å². The Labute approximate surface area is 329 Å². The van der Waals surface area contributed by atoms with E-state index in [9.17, 15) is 22.8 Å². The van der Waals surface area contributed by atoms with Crippen molar-refractivity contribution in [3.63, 3.8) is 0 Å². The van der Waals surface area contributed by atoms with E-state index < -0.39 is 24.4 Å². The molecule has 57 heavy (non-hydrogen) atoms. The Bertz CT molecular complexity index is 2380. The largest absolute Gasteiger partial charge is 0.482 e. The molecule has 8 nitrogen and oxygen atoms in total. The number of anilines is 2. The second kappa shape index (κ2) is 19.2. The van der Waals surface area contributed by atoms with Gasteiger partial charge in [0.15, 0.2) is 13.2 Å². The molecule has 6 aromatic carbocycles. The van der Waals surface area contributed by atoms with E-state index in [-0.39, 0.29) is 29.7 Å². The number of aliphatic carboxylic acids is 2. The van der Waals surface area contributed by atoms with Crippen LogP contribution in [0.25, 0.3) is 22.3 Å². The van der Waals surface area contributed by atoms with E-state index >= 15 is 0 Å². The molecule has 0 aromatic heterocycles. The number of carbonyl (C=O) groups is 2. The third-order valence-corrected chi connectivity index (χ3v) is 9.31. The summed E-state index contributed by atoms with van der Waals surface area (Å²) in [5.74, 6) is -2.40. The van der Waals surface area contributed by atoms with E-state index in [0.29, 0.717) is 18.8 Å². The van der Waals surface area contributed by atoms with Gasteiger partial charge in [-0.1, -0.05) is 42.5 Å². The Balaban J connectivity index is 0.000000218. The fourth-order valence-corrected chi connectivity index (χ4v) is 6.00. The molecule has 0 unspecified atom stereocenters. The van der Waals surface area contributed by atoms with Gasteiger partial charge in [0.05, 0.1) is 5.69 Å². The van der Waals surface area contributed by atoms with E-state index in [2.05, 4.69) is 29.7 Å². The fourth-order valence-electron chi connectivity index (χ4n) is 6.00. The molecule has 0 aliphatic carbocycles. The van der Waals surface area contributed by atoms with Crippen molar-refractivity contribution in [1.29, 1.82) is 0 Å². The molecule has 6 rings (SSSR count). The van der Waals surface area contributed by atoms with Crippen LogP contribution in [0.4, 0.5) is 24.5 Å². The van der Waals surface area contributed by atoms with Crippen molar-refractivity contribution in [3.05, 3.63) is 166 Å². The van der Waals surface area contributed by atoms with Gasteiger partial charge in [0.1, 0.15) is 29.0 Å². The number of nitrogens with one attached hydrogen (secondary N) is 2. The normalized spacial score (nSPS) is 10.6. The quantitative estimate of drug-likeness (QED) is 0.0864. The minimum absolute atomic E-state index is 0.209. The van der Waals surface area contributed by atoms with Crippen LogP contribution in [0.3, 0.4) is 0 Å². The molecule has 0 heterocycles. The van der Waals surface area contributed by atoms with Gasteiger partial charge in [0.25, 0.3) is 0 Å². The highest BCUT2D eigenvalue weighted by Gasteiger charge is 2.11. The maximum atomic E-state index is 14.2. The SMILES string of the molecule is Cc1cc(-c2cccc(F)c2)cc(CNc2cc(OCC(=O)O)ccc2F)c1C.Cc1cc(-c2cccc(F)c2)cc(CNc2cccc(OCC(=O)O)c2)c1C. The molecule has 4 N–H and O–H groups in total. The lowest BCUT2D eigenvalue weighted by molar-refractivity contribution is -0.140. The van der Waals surface area contributed by atoms with Gasteiger partial charge in [-0.05, 0) is 144 Å². The van der Waals surface area contributed by atoms with Crippen LogP contribution in [-0.4, -0.2) is 35.4 Å². The van der Waals surface area contributed by atoms with Gasteiger partial charge < -0.3 is 30.3 Å². The van der Waals surface area contributed by atoms with E-state index in [1.54, 1.807) is 30.3 Å². The van der Waals surface area contributed by atoms with Crippen LogP contribution in [-0.2, 0) is 22.7 Å². The smallest absolute Gasteiger partial charge is 0.341 e. The van der Waals surface area contributed by atoms with Crippen LogP contribution in [0.1, 0.15) is 33.4 Å². The molecule has 0 radical (unpaired) electrons. The monoisotopic (exact) mass is 776 g/mol. The first-order valence-electron chi connectivity index (χ1n) is 18.0. The molecular weight excluding hydrogens is 734 g/mol. The van der Waals surface area contributed by atoms with Gasteiger partial charge in [-0.25, -0.2) is 22.8 Å². The van der Waals surface area contributed by atoms with Crippen LogP contribution >= 0.6 is 0 Å². The molecule has 0 saturated carbocycles. The van der Waals surface area contributed by atoms with Crippen LogP contribution in [0.5, 0.6) is 11.5 Å². The van der Waals surface area contributed by atoms with Crippen molar-refractivity contribution < 1.29 is 42.4 Å². The van der Waals surface area contributed by atoms with Crippen molar-refractivity contribution in [2.24, 2.45) is 0 Å². The lowest BCUT2D eigenvalue weighted by atomic mass is 9.95. The van der Waals surface area contributed by atoms with Crippen molar-refractivity contribution >= 4 is 23.3 Å². The molecule has 0 aliphatic heterocycles. The van der Waals surface area contributed by atoms with Crippen molar-refractivity contribution in [1.82, 2.24) is 0 Å². The standard InChI is InChI=1S/C23H21F2NO3.C23H22FNO3/c1-14-8-17(16-4-3-5-19(24)10-16)9-18(15(14)2)12-26-22-11-20(6-7-21(22)25)29-13-23(27)28;1-15-9-18(17-5-3-6-20(24)11-17)10-19(16(15)2)13-25-21-7-4-8-22(12-21)28-14-23(26)27/h3-11,26H,12-13H2,1-2H3,(H,27,28);3-12,25H,13-14H2,1-2H3,(H,26,27). The molecule has 6 aromatic rings. The van der Waals surface area contributed by atoms with E-state index in [1.807, 2.05) is 51.1 Å². The van der Waals surface area contributed by atoms with Crippen LogP contribution in [0.2, 0.25) is 0 Å². The molecule has 294 valence electrons. The number of rotatable bonds is 14. The molecular formula is C46H43F3N2O6. The summed E-state index contributed by atoms with van der Waals surface area (Å²) in [5.41, 5.74) is 11.0. The number of hydrogen-bond acceptors (Lipinski definition) is 6. The average Bonchev–Trinajstić information content (AvgIpc) is 3.18. The number of halogens is 3. The Morgan fingerprint density at radius 1 is 0.544 bits per heavy atom. The zero-order valence-corrected chi connectivity index (χ0v) is 32.0.